The number of carbonyl (C=O) groups excluding carboxylic acids is 2. The summed E-state index contributed by atoms with van der Waals surface area (Å²) in [4.78, 5) is 20.2. The smallest absolute Gasteiger partial charge is 0.422 e. The summed E-state index contributed by atoms with van der Waals surface area (Å²) < 4.78 is 38.0. The van der Waals surface area contributed by atoms with Gasteiger partial charge in [-0.2, -0.15) is 13.2 Å². The fourth-order valence-corrected chi connectivity index (χ4v) is 0.326. The molecule has 0 aromatic heterocycles. The molecule has 0 spiro atoms. The predicted octanol–water partition coefficient (Wildman–Crippen LogP) is 0.838. The molecule has 12 heavy (non-hydrogen) atoms. The molecule has 0 aromatic carbocycles. The van der Waals surface area contributed by atoms with Crippen LogP contribution in [0.2, 0.25) is 0 Å². The van der Waals surface area contributed by atoms with Crippen LogP contribution in [0, 0.1) is 5.92 Å². The van der Waals surface area contributed by atoms with Gasteiger partial charge in [0, 0.05) is 0 Å². The Bertz CT molecular complexity index is 175. The Kier molecular flexibility index (Phi) is 3.72. The Balaban J connectivity index is 3.80. The molecule has 3 nitrogen and oxygen atoms in total. The molecule has 0 saturated heterocycles. The maximum absolute atomic E-state index is 11.4. The van der Waals surface area contributed by atoms with Crippen molar-refractivity contribution in [3.05, 3.63) is 0 Å². The minimum Gasteiger partial charge on any atom is -0.455 e. The van der Waals surface area contributed by atoms with Crippen LogP contribution in [0.15, 0.2) is 0 Å². The van der Waals surface area contributed by atoms with Crippen LogP contribution in [0.4, 0.5) is 13.2 Å². The van der Waals surface area contributed by atoms with E-state index in [9.17, 15) is 22.8 Å². The van der Waals surface area contributed by atoms with Crippen molar-refractivity contribution in [3.8, 4) is 0 Å². The lowest BCUT2D eigenvalue weighted by molar-refractivity contribution is -0.187. The van der Waals surface area contributed by atoms with Gasteiger partial charge in [-0.25, -0.2) is 0 Å². The highest BCUT2D eigenvalue weighted by Crippen LogP contribution is 2.15. The number of hydrogen-bond acceptors (Lipinski definition) is 3. The summed E-state index contributed by atoms with van der Waals surface area (Å²) in [6.07, 6.45) is -3.35. The van der Waals surface area contributed by atoms with Gasteiger partial charge >= 0.3 is 12.1 Å². The molecule has 1 unspecified atom stereocenters. The monoisotopic (exact) mass is 183 g/mol. The minimum atomic E-state index is -4.56. The van der Waals surface area contributed by atoms with E-state index in [4.69, 9.17) is 0 Å². The van der Waals surface area contributed by atoms with Crippen molar-refractivity contribution in [2.24, 2.45) is 5.92 Å². The van der Waals surface area contributed by atoms with E-state index >= 15 is 0 Å². The second kappa shape index (κ2) is 4.08. The van der Waals surface area contributed by atoms with Crippen molar-refractivity contribution < 1.29 is 27.5 Å². The van der Waals surface area contributed by atoms with E-state index in [1.807, 2.05) is 0 Å². The van der Waals surface area contributed by atoms with Gasteiger partial charge in [0.05, 0.1) is 0 Å². The van der Waals surface area contributed by atoms with E-state index in [-0.39, 0.29) is 0 Å². The highest BCUT2D eigenvalue weighted by Gasteiger charge is 2.30. The fourth-order valence-electron chi connectivity index (χ4n) is 0.326. The molecule has 0 rings (SSSR count). The van der Waals surface area contributed by atoms with Gasteiger partial charge in [0.25, 0.3) is 0 Å². The number of hydrogen-bond donors (Lipinski definition) is 0. The third kappa shape index (κ3) is 4.70. The van der Waals surface area contributed by atoms with Crippen molar-refractivity contribution in [2.45, 2.75) is 13.1 Å². The fraction of sp³-hybridized carbons (Fsp3) is 0.667. The Hall–Kier alpha value is -1.07. The standard InChI is InChI=1S/C6H6F3O3/c1-4(2-10)5(11)12-3-6(7,8)9/h4H,3H2,1H3. The Morgan fingerprint density at radius 1 is 1.58 bits per heavy atom. The van der Waals surface area contributed by atoms with E-state index < -0.39 is 24.7 Å². The van der Waals surface area contributed by atoms with Crippen LogP contribution in [0.3, 0.4) is 0 Å². The molecule has 6 heteroatoms. The van der Waals surface area contributed by atoms with Crippen LogP contribution < -0.4 is 0 Å². The SMILES string of the molecule is CC([C]=O)C(=O)OCC(F)(F)F. The summed E-state index contributed by atoms with van der Waals surface area (Å²) in [6, 6.07) is 0. The highest BCUT2D eigenvalue weighted by atomic mass is 19.4. The van der Waals surface area contributed by atoms with Crippen LogP contribution in [-0.4, -0.2) is 25.0 Å². The average Bonchev–Trinajstić information content (AvgIpc) is 1.97. The third-order valence-corrected chi connectivity index (χ3v) is 0.908. The van der Waals surface area contributed by atoms with Crippen LogP contribution in [0.1, 0.15) is 6.92 Å². The van der Waals surface area contributed by atoms with Gasteiger partial charge in [0.15, 0.2) is 6.61 Å². The highest BCUT2D eigenvalue weighted by molar-refractivity contribution is 5.87. The van der Waals surface area contributed by atoms with Crippen LogP contribution in [0.25, 0.3) is 0 Å². The van der Waals surface area contributed by atoms with E-state index in [0.29, 0.717) is 0 Å². The molecule has 0 heterocycles. The molecule has 1 radical (unpaired) electrons. The second-order valence-corrected chi connectivity index (χ2v) is 2.06. The molecule has 0 N–H and O–H groups in total. The molecular formula is C6H6F3O3. The second-order valence-electron chi connectivity index (χ2n) is 2.06. The molecular weight excluding hydrogens is 177 g/mol. The summed E-state index contributed by atoms with van der Waals surface area (Å²) in [6.45, 7) is -0.566. The molecule has 0 saturated carbocycles. The average molecular weight is 183 g/mol. The van der Waals surface area contributed by atoms with Crippen molar-refractivity contribution in [1.82, 2.24) is 0 Å². The summed E-state index contributed by atoms with van der Waals surface area (Å²) in [7, 11) is 0. The zero-order valence-corrected chi connectivity index (χ0v) is 6.14. The molecule has 0 aromatic rings. The van der Waals surface area contributed by atoms with Crippen LogP contribution >= 0.6 is 0 Å². The summed E-state index contributed by atoms with van der Waals surface area (Å²) in [5, 5.41) is 0. The number of halogens is 3. The van der Waals surface area contributed by atoms with Crippen LogP contribution in [-0.2, 0) is 14.3 Å². The molecule has 1 atom stereocenters. The van der Waals surface area contributed by atoms with Crippen molar-refractivity contribution in [2.75, 3.05) is 6.61 Å². The lowest BCUT2D eigenvalue weighted by Crippen LogP contribution is -2.24. The summed E-state index contributed by atoms with van der Waals surface area (Å²) in [5.41, 5.74) is 0. The van der Waals surface area contributed by atoms with Gasteiger partial charge in [-0.15, -0.1) is 0 Å². The zero-order valence-electron chi connectivity index (χ0n) is 6.14. The Morgan fingerprint density at radius 2 is 2.08 bits per heavy atom. The van der Waals surface area contributed by atoms with Crippen LogP contribution in [0.5, 0.6) is 0 Å². The number of alkyl halides is 3. The summed E-state index contributed by atoms with van der Waals surface area (Å²) >= 11 is 0. The normalized spacial score (nSPS) is 13.7. The largest absolute Gasteiger partial charge is 0.455 e. The van der Waals surface area contributed by atoms with Gasteiger partial charge in [0.1, 0.15) is 5.92 Å². The van der Waals surface area contributed by atoms with Crippen molar-refractivity contribution in [3.63, 3.8) is 0 Å². The summed E-state index contributed by atoms with van der Waals surface area (Å²) in [5.74, 6) is -2.49. The van der Waals surface area contributed by atoms with Gasteiger partial charge in [-0.05, 0) is 6.92 Å². The van der Waals surface area contributed by atoms with Crippen molar-refractivity contribution in [1.29, 1.82) is 0 Å². The maximum atomic E-state index is 11.4. The van der Waals surface area contributed by atoms with Gasteiger partial charge in [0.2, 0.25) is 6.29 Å². The zero-order chi connectivity index (χ0) is 9.78. The topological polar surface area (TPSA) is 43.4 Å². The number of carbonyl (C=O) groups is 1. The number of esters is 1. The van der Waals surface area contributed by atoms with E-state index in [1.54, 1.807) is 0 Å². The first-order valence-electron chi connectivity index (χ1n) is 2.98. The first kappa shape index (κ1) is 10.9. The molecule has 0 aliphatic carbocycles. The first-order chi connectivity index (χ1) is 5.37. The number of ether oxygens (including phenoxy) is 1. The van der Waals surface area contributed by atoms with E-state index in [2.05, 4.69) is 4.74 Å². The molecule has 0 bridgehead atoms. The Labute approximate surface area is 66.5 Å². The van der Waals surface area contributed by atoms with Gasteiger partial charge in [-0.1, -0.05) is 0 Å². The lowest BCUT2D eigenvalue weighted by Gasteiger charge is -2.07. The molecule has 0 fully saturated rings. The minimum absolute atomic E-state index is 1.10. The molecule has 0 aliphatic rings. The molecule has 69 valence electrons. The molecule has 0 aliphatic heterocycles. The van der Waals surface area contributed by atoms with E-state index in [1.165, 1.54) is 6.29 Å². The van der Waals surface area contributed by atoms with E-state index in [0.717, 1.165) is 6.92 Å². The number of rotatable bonds is 3. The Morgan fingerprint density at radius 3 is 2.42 bits per heavy atom. The maximum Gasteiger partial charge on any atom is 0.422 e. The first-order valence-corrected chi connectivity index (χ1v) is 2.98. The van der Waals surface area contributed by atoms with Crippen molar-refractivity contribution >= 4 is 12.3 Å². The predicted molar refractivity (Wildman–Crippen MR) is 31.9 cm³/mol. The lowest BCUT2D eigenvalue weighted by atomic mass is 10.2. The third-order valence-electron chi connectivity index (χ3n) is 0.908. The van der Waals surface area contributed by atoms with Gasteiger partial charge < -0.3 is 4.74 Å². The quantitative estimate of drug-likeness (QED) is 0.481. The molecule has 0 amide bonds. The van der Waals surface area contributed by atoms with Gasteiger partial charge in [-0.3, -0.25) is 9.59 Å².